The fraction of sp³-hybridized carbons (Fsp3) is 0.409. The Balaban J connectivity index is 1.71. The molecule has 1 fully saturated rings. The van der Waals surface area contributed by atoms with Gasteiger partial charge in [-0.05, 0) is 74.2 Å². The summed E-state index contributed by atoms with van der Waals surface area (Å²) in [5, 5.41) is 2.73. The van der Waals surface area contributed by atoms with Crippen LogP contribution in [0.5, 0.6) is 5.75 Å². The van der Waals surface area contributed by atoms with Gasteiger partial charge in [0.2, 0.25) is 5.91 Å². The summed E-state index contributed by atoms with van der Waals surface area (Å²) in [4.78, 5) is 13.2. The van der Waals surface area contributed by atoms with Crippen molar-refractivity contribution >= 4 is 15.7 Å². The van der Waals surface area contributed by atoms with E-state index in [0.29, 0.717) is 31.4 Å². The molecule has 1 amide bonds. The van der Waals surface area contributed by atoms with Crippen LogP contribution in [0.15, 0.2) is 47.4 Å². The standard InChI is InChI=1S/C22H26FNO4S/c1-16-5-10-20(15-17(16)2)29(26,27)22(11-3-4-12-22)21(25)24-13-14-28-19-8-6-18(23)7-9-19/h5-10,15H,3-4,11-14H2,1-2H3,(H,24,25). The van der Waals surface area contributed by atoms with Crippen molar-refractivity contribution in [1.29, 1.82) is 0 Å². The number of rotatable bonds is 7. The van der Waals surface area contributed by atoms with Crippen molar-refractivity contribution < 1.29 is 22.3 Å². The van der Waals surface area contributed by atoms with Crippen LogP contribution in [0.1, 0.15) is 36.8 Å². The summed E-state index contributed by atoms with van der Waals surface area (Å²) in [6, 6.07) is 10.6. The summed E-state index contributed by atoms with van der Waals surface area (Å²) in [5.74, 6) is -0.347. The molecule has 0 atom stereocenters. The molecule has 1 N–H and O–H groups in total. The highest BCUT2D eigenvalue weighted by molar-refractivity contribution is 7.93. The van der Waals surface area contributed by atoms with Crippen molar-refractivity contribution in [1.82, 2.24) is 5.32 Å². The Morgan fingerprint density at radius 3 is 2.34 bits per heavy atom. The van der Waals surface area contributed by atoms with Crippen molar-refractivity contribution in [3.8, 4) is 5.75 Å². The van der Waals surface area contributed by atoms with Crippen LogP contribution in [-0.4, -0.2) is 32.2 Å². The number of nitrogens with one attached hydrogen (secondary N) is 1. The average Bonchev–Trinajstić information content (AvgIpc) is 3.20. The second-order valence-electron chi connectivity index (χ2n) is 7.51. The lowest BCUT2D eigenvalue weighted by atomic mass is 10.1. The minimum atomic E-state index is -3.83. The van der Waals surface area contributed by atoms with E-state index in [9.17, 15) is 17.6 Å². The zero-order valence-corrected chi connectivity index (χ0v) is 17.5. The van der Waals surface area contributed by atoms with Gasteiger partial charge in [0.15, 0.2) is 14.6 Å². The van der Waals surface area contributed by atoms with Gasteiger partial charge < -0.3 is 10.1 Å². The largest absolute Gasteiger partial charge is 0.492 e. The lowest BCUT2D eigenvalue weighted by molar-refractivity contribution is -0.123. The zero-order valence-electron chi connectivity index (χ0n) is 16.7. The normalized spacial score (nSPS) is 15.8. The third-order valence-electron chi connectivity index (χ3n) is 5.60. The Morgan fingerprint density at radius 2 is 1.72 bits per heavy atom. The number of hydrogen-bond donors (Lipinski definition) is 1. The average molecular weight is 420 g/mol. The number of ether oxygens (including phenoxy) is 1. The van der Waals surface area contributed by atoms with Crippen LogP contribution in [0.25, 0.3) is 0 Å². The molecule has 5 nitrogen and oxygen atoms in total. The highest BCUT2D eigenvalue weighted by atomic mass is 32.2. The molecule has 0 aliphatic heterocycles. The maximum Gasteiger partial charge on any atom is 0.241 e. The predicted octanol–water partition coefficient (Wildman–Crippen LogP) is 3.72. The lowest BCUT2D eigenvalue weighted by Gasteiger charge is -2.28. The quantitative estimate of drug-likeness (QED) is 0.694. The molecule has 1 aliphatic carbocycles. The molecule has 1 saturated carbocycles. The van der Waals surface area contributed by atoms with Gasteiger partial charge in [-0.15, -0.1) is 0 Å². The van der Waals surface area contributed by atoms with Crippen LogP contribution < -0.4 is 10.1 Å². The van der Waals surface area contributed by atoms with E-state index in [1.165, 1.54) is 24.3 Å². The Kier molecular flexibility index (Phi) is 6.27. The summed E-state index contributed by atoms with van der Waals surface area (Å²) in [7, 11) is -3.83. The van der Waals surface area contributed by atoms with Crippen LogP contribution in [0.3, 0.4) is 0 Å². The highest BCUT2D eigenvalue weighted by Crippen LogP contribution is 2.41. The second-order valence-corrected chi connectivity index (χ2v) is 9.77. The first kappa shape index (κ1) is 21.3. The van der Waals surface area contributed by atoms with E-state index in [0.717, 1.165) is 11.1 Å². The molecular weight excluding hydrogens is 393 g/mol. The maximum absolute atomic E-state index is 13.4. The molecule has 2 aromatic carbocycles. The number of carbonyl (C=O) groups excluding carboxylic acids is 1. The van der Waals surface area contributed by atoms with Gasteiger partial charge in [-0.25, -0.2) is 12.8 Å². The number of benzene rings is 2. The van der Waals surface area contributed by atoms with Gasteiger partial charge in [-0.1, -0.05) is 18.9 Å². The molecule has 0 aromatic heterocycles. The summed E-state index contributed by atoms with van der Waals surface area (Å²) < 4.78 is 43.8. The van der Waals surface area contributed by atoms with Gasteiger partial charge in [-0.2, -0.15) is 0 Å². The Bertz CT molecular complexity index is 980. The molecule has 156 valence electrons. The van der Waals surface area contributed by atoms with Gasteiger partial charge in [0.25, 0.3) is 0 Å². The highest BCUT2D eigenvalue weighted by Gasteiger charge is 2.52. The molecule has 7 heteroatoms. The molecule has 29 heavy (non-hydrogen) atoms. The van der Waals surface area contributed by atoms with Crippen LogP contribution in [0, 0.1) is 19.7 Å². The molecule has 0 unspecified atom stereocenters. The van der Waals surface area contributed by atoms with Crippen molar-refractivity contribution in [2.75, 3.05) is 13.2 Å². The van der Waals surface area contributed by atoms with Gasteiger partial charge >= 0.3 is 0 Å². The first-order valence-electron chi connectivity index (χ1n) is 9.75. The Hall–Kier alpha value is -2.41. The number of hydrogen-bond acceptors (Lipinski definition) is 4. The first-order chi connectivity index (χ1) is 13.8. The summed E-state index contributed by atoms with van der Waals surface area (Å²) in [6.45, 7) is 4.12. The molecule has 0 heterocycles. The van der Waals surface area contributed by atoms with E-state index in [2.05, 4.69) is 5.32 Å². The zero-order chi connectivity index (χ0) is 21.1. The van der Waals surface area contributed by atoms with E-state index in [1.54, 1.807) is 18.2 Å². The second kappa shape index (κ2) is 8.53. The van der Waals surface area contributed by atoms with Crippen molar-refractivity contribution in [2.45, 2.75) is 49.2 Å². The fourth-order valence-electron chi connectivity index (χ4n) is 3.70. The molecular formula is C22H26FNO4S. The lowest BCUT2D eigenvalue weighted by Crippen LogP contribution is -2.51. The molecule has 0 saturated heterocycles. The Labute approximate surface area is 171 Å². The van der Waals surface area contributed by atoms with Gasteiger partial charge in [0, 0.05) is 0 Å². The molecule has 1 aliphatic rings. The van der Waals surface area contributed by atoms with Crippen molar-refractivity contribution in [3.05, 3.63) is 59.4 Å². The Morgan fingerprint density at radius 1 is 1.07 bits per heavy atom. The van der Waals surface area contributed by atoms with Crippen LogP contribution >= 0.6 is 0 Å². The topological polar surface area (TPSA) is 72.5 Å². The van der Waals surface area contributed by atoms with Gasteiger partial charge in [0.1, 0.15) is 18.2 Å². The first-order valence-corrected chi connectivity index (χ1v) is 11.2. The third kappa shape index (κ3) is 4.29. The molecule has 0 spiro atoms. The monoisotopic (exact) mass is 419 g/mol. The summed E-state index contributed by atoms with van der Waals surface area (Å²) >= 11 is 0. The van der Waals surface area contributed by atoms with Gasteiger partial charge in [-0.3, -0.25) is 4.79 Å². The third-order valence-corrected chi connectivity index (χ3v) is 8.10. The minimum Gasteiger partial charge on any atom is -0.492 e. The van der Waals surface area contributed by atoms with Crippen LogP contribution in [0.4, 0.5) is 4.39 Å². The van der Waals surface area contributed by atoms with Crippen LogP contribution in [0.2, 0.25) is 0 Å². The van der Waals surface area contributed by atoms with Crippen molar-refractivity contribution in [2.24, 2.45) is 0 Å². The van der Waals surface area contributed by atoms with Gasteiger partial charge in [0.05, 0.1) is 11.4 Å². The number of halogens is 1. The van der Waals surface area contributed by atoms with Crippen molar-refractivity contribution in [3.63, 3.8) is 0 Å². The van der Waals surface area contributed by atoms with E-state index in [1.807, 2.05) is 13.8 Å². The molecule has 0 bridgehead atoms. The number of aryl methyl sites for hydroxylation is 2. The minimum absolute atomic E-state index is 0.164. The smallest absolute Gasteiger partial charge is 0.241 e. The summed E-state index contributed by atoms with van der Waals surface area (Å²) in [6.07, 6.45) is 2.02. The number of carbonyl (C=O) groups is 1. The predicted molar refractivity (Wildman–Crippen MR) is 109 cm³/mol. The number of sulfone groups is 1. The SMILES string of the molecule is Cc1ccc(S(=O)(=O)C2(C(=O)NCCOc3ccc(F)cc3)CCCC2)cc1C. The van der Waals surface area contributed by atoms with E-state index in [-0.39, 0.29) is 23.9 Å². The molecule has 0 radical (unpaired) electrons. The number of amides is 1. The molecule has 2 aromatic rings. The molecule has 3 rings (SSSR count). The van der Waals surface area contributed by atoms with Crippen LogP contribution in [-0.2, 0) is 14.6 Å². The van der Waals surface area contributed by atoms with E-state index < -0.39 is 20.5 Å². The summed E-state index contributed by atoms with van der Waals surface area (Å²) in [5.41, 5.74) is 1.89. The fourth-order valence-corrected chi connectivity index (χ4v) is 5.87. The van der Waals surface area contributed by atoms with E-state index in [4.69, 9.17) is 4.74 Å². The maximum atomic E-state index is 13.4. The van der Waals surface area contributed by atoms with E-state index >= 15 is 0 Å².